The summed E-state index contributed by atoms with van der Waals surface area (Å²) in [6.07, 6.45) is 9.70. The number of aliphatic hydroxyl groups excluding tert-OH is 1. The Hall–Kier alpha value is -2.21. The van der Waals surface area contributed by atoms with Crippen LogP contribution in [0.2, 0.25) is 0 Å². The number of benzene rings is 1. The summed E-state index contributed by atoms with van der Waals surface area (Å²) in [5.41, 5.74) is 1.49. The van der Waals surface area contributed by atoms with Gasteiger partial charge in [0.1, 0.15) is 12.7 Å². The number of nitrogens with one attached hydrogen (secondary N) is 1. The minimum Gasteiger partial charge on any atom is -0.396 e. The van der Waals surface area contributed by atoms with E-state index in [9.17, 15) is 9.90 Å². The van der Waals surface area contributed by atoms with Crippen LogP contribution in [0.5, 0.6) is 0 Å². The maximum atomic E-state index is 12.5. The van der Waals surface area contributed by atoms with Crippen LogP contribution >= 0.6 is 0 Å². The van der Waals surface area contributed by atoms with E-state index in [0.717, 1.165) is 18.5 Å². The summed E-state index contributed by atoms with van der Waals surface area (Å²) in [7, 11) is 0. The number of carbonyl (C=O) groups is 1. The first-order valence-electron chi connectivity index (χ1n) is 8.64. The molecule has 0 radical (unpaired) electrons. The highest BCUT2D eigenvalue weighted by atomic mass is 16.3. The van der Waals surface area contributed by atoms with Crippen molar-refractivity contribution >= 4 is 5.91 Å². The van der Waals surface area contributed by atoms with Gasteiger partial charge in [0.2, 0.25) is 0 Å². The minimum atomic E-state index is -0.0795. The first-order chi connectivity index (χ1) is 11.8. The van der Waals surface area contributed by atoms with Gasteiger partial charge in [-0.25, -0.2) is 9.67 Å². The third-order valence-electron chi connectivity index (χ3n) is 4.79. The molecular weight excluding hydrogens is 304 g/mol. The molecule has 1 atom stereocenters. The molecule has 1 saturated carbocycles. The smallest absolute Gasteiger partial charge is 0.251 e. The monoisotopic (exact) mass is 328 g/mol. The van der Waals surface area contributed by atoms with Crippen molar-refractivity contribution in [1.29, 1.82) is 0 Å². The zero-order valence-corrected chi connectivity index (χ0v) is 13.8. The van der Waals surface area contributed by atoms with Crippen LogP contribution in [0, 0.1) is 5.92 Å². The maximum Gasteiger partial charge on any atom is 0.251 e. The van der Waals surface area contributed by atoms with E-state index in [-0.39, 0.29) is 18.6 Å². The molecule has 1 aliphatic rings. The van der Waals surface area contributed by atoms with Gasteiger partial charge in [0.25, 0.3) is 5.91 Å². The zero-order chi connectivity index (χ0) is 16.8. The largest absolute Gasteiger partial charge is 0.396 e. The van der Waals surface area contributed by atoms with Crippen LogP contribution < -0.4 is 5.32 Å². The van der Waals surface area contributed by atoms with E-state index in [1.807, 2.05) is 12.1 Å². The molecule has 1 heterocycles. The van der Waals surface area contributed by atoms with E-state index in [1.54, 1.807) is 23.1 Å². The fourth-order valence-electron chi connectivity index (χ4n) is 3.46. The second-order valence-electron chi connectivity index (χ2n) is 6.38. The summed E-state index contributed by atoms with van der Waals surface area (Å²) in [5, 5.41) is 16.5. The molecular formula is C18H24N4O2. The van der Waals surface area contributed by atoms with Crippen LogP contribution in [0.3, 0.4) is 0 Å². The van der Waals surface area contributed by atoms with Crippen molar-refractivity contribution in [2.24, 2.45) is 5.92 Å². The highest BCUT2D eigenvalue weighted by Crippen LogP contribution is 2.28. The van der Waals surface area contributed by atoms with Gasteiger partial charge in [-0.15, -0.1) is 0 Å². The van der Waals surface area contributed by atoms with Crippen molar-refractivity contribution in [2.45, 2.75) is 44.6 Å². The highest BCUT2D eigenvalue weighted by Gasteiger charge is 2.25. The van der Waals surface area contributed by atoms with Gasteiger partial charge in [-0.2, -0.15) is 5.10 Å². The quantitative estimate of drug-likeness (QED) is 0.853. The lowest BCUT2D eigenvalue weighted by Crippen LogP contribution is -2.41. The molecule has 24 heavy (non-hydrogen) atoms. The van der Waals surface area contributed by atoms with Gasteiger partial charge in [0, 0.05) is 18.2 Å². The molecule has 0 aliphatic heterocycles. The number of aliphatic hydroxyl groups is 1. The normalized spacial score (nSPS) is 16.7. The maximum absolute atomic E-state index is 12.5. The average molecular weight is 328 g/mol. The van der Waals surface area contributed by atoms with Crippen molar-refractivity contribution < 1.29 is 9.90 Å². The summed E-state index contributed by atoms with van der Waals surface area (Å²) in [6, 6.07) is 7.35. The van der Waals surface area contributed by atoms with E-state index < -0.39 is 0 Å². The van der Waals surface area contributed by atoms with Crippen LogP contribution in [0.1, 0.15) is 48.9 Å². The Labute approximate surface area is 141 Å². The molecule has 6 heteroatoms. The van der Waals surface area contributed by atoms with Crippen LogP contribution in [0.25, 0.3) is 5.69 Å². The molecule has 1 amide bonds. The lowest BCUT2D eigenvalue weighted by Gasteiger charge is -2.30. The third-order valence-corrected chi connectivity index (χ3v) is 4.79. The second kappa shape index (κ2) is 8.06. The average Bonchev–Trinajstić information content (AvgIpc) is 3.17. The summed E-state index contributed by atoms with van der Waals surface area (Å²) in [5.74, 6) is 0.397. The molecule has 1 fully saturated rings. The Balaban J connectivity index is 1.65. The SMILES string of the molecule is O=C(NC(CCO)C1CCCCC1)c1ccc(-n2cncn2)cc1. The Bertz CT molecular complexity index is 634. The van der Waals surface area contributed by atoms with Gasteiger partial charge in [-0.1, -0.05) is 19.3 Å². The number of carbonyl (C=O) groups excluding carboxylic acids is 1. The van der Waals surface area contributed by atoms with E-state index in [0.29, 0.717) is 17.9 Å². The van der Waals surface area contributed by atoms with Gasteiger partial charge >= 0.3 is 0 Å². The fraction of sp³-hybridized carbons (Fsp3) is 0.500. The topological polar surface area (TPSA) is 80.0 Å². The molecule has 1 aromatic heterocycles. The molecule has 3 rings (SSSR count). The second-order valence-corrected chi connectivity index (χ2v) is 6.38. The lowest BCUT2D eigenvalue weighted by molar-refractivity contribution is 0.0899. The first kappa shape index (κ1) is 16.6. The summed E-state index contributed by atoms with van der Waals surface area (Å²) in [6.45, 7) is 0.104. The van der Waals surface area contributed by atoms with Gasteiger partial charge in [0.15, 0.2) is 0 Å². The molecule has 6 nitrogen and oxygen atoms in total. The van der Waals surface area contributed by atoms with E-state index in [4.69, 9.17) is 0 Å². The lowest BCUT2D eigenvalue weighted by atomic mass is 9.82. The number of hydrogen-bond acceptors (Lipinski definition) is 4. The van der Waals surface area contributed by atoms with Crippen LogP contribution in [0.15, 0.2) is 36.9 Å². The summed E-state index contributed by atoms with van der Waals surface area (Å²) >= 11 is 0. The standard InChI is InChI=1S/C18H24N4O2/c23-11-10-17(14-4-2-1-3-5-14)21-18(24)15-6-8-16(9-7-15)22-13-19-12-20-22/h6-9,12-14,17,23H,1-5,10-11H2,(H,21,24). The third kappa shape index (κ3) is 4.00. The van der Waals surface area contributed by atoms with Crippen molar-refractivity contribution in [2.75, 3.05) is 6.61 Å². The molecule has 2 aromatic rings. The van der Waals surface area contributed by atoms with E-state index in [2.05, 4.69) is 15.4 Å². The number of hydrogen-bond donors (Lipinski definition) is 2. The molecule has 1 aliphatic carbocycles. The number of nitrogens with zero attached hydrogens (tertiary/aromatic N) is 3. The molecule has 0 saturated heterocycles. The highest BCUT2D eigenvalue weighted by molar-refractivity contribution is 5.94. The van der Waals surface area contributed by atoms with Gasteiger partial charge in [0.05, 0.1) is 5.69 Å². The van der Waals surface area contributed by atoms with Gasteiger partial charge in [-0.3, -0.25) is 4.79 Å². The predicted octanol–water partition coefficient (Wildman–Crippen LogP) is 2.33. The number of amides is 1. The molecule has 128 valence electrons. The first-order valence-corrected chi connectivity index (χ1v) is 8.64. The molecule has 1 aromatic carbocycles. The van der Waals surface area contributed by atoms with Crippen LogP contribution in [-0.4, -0.2) is 38.4 Å². The molecule has 1 unspecified atom stereocenters. The van der Waals surface area contributed by atoms with Crippen LogP contribution in [0.4, 0.5) is 0 Å². The zero-order valence-electron chi connectivity index (χ0n) is 13.8. The Kier molecular flexibility index (Phi) is 5.59. The van der Waals surface area contributed by atoms with Crippen molar-refractivity contribution in [1.82, 2.24) is 20.1 Å². The van der Waals surface area contributed by atoms with E-state index in [1.165, 1.54) is 25.6 Å². The summed E-state index contributed by atoms with van der Waals surface area (Å²) in [4.78, 5) is 16.5. The predicted molar refractivity (Wildman–Crippen MR) is 90.9 cm³/mol. The Morgan fingerprint density at radius 1 is 1.25 bits per heavy atom. The molecule has 2 N–H and O–H groups in total. The van der Waals surface area contributed by atoms with Crippen LogP contribution in [-0.2, 0) is 0 Å². The van der Waals surface area contributed by atoms with Gasteiger partial charge in [-0.05, 0) is 49.4 Å². The molecule has 0 bridgehead atoms. The Morgan fingerprint density at radius 2 is 2.00 bits per heavy atom. The van der Waals surface area contributed by atoms with Crippen molar-refractivity contribution in [3.05, 3.63) is 42.5 Å². The number of rotatable bonds is 6. The summed E-state index contributed by atoms with van der Waals surface area (Å²) < 4.78 is 1.65. The fourth-order valence-corrected chi connectivity index (χ4v) is 3.46. The minimum absolute atomic E-state index is 0.0535. The number of aromatic nitrogens is 3. The van der Waals surface area contributed by atoms with Gasteiger partial charge < -0.3 is 10.4 Å². The van der Waals surface area contributed by atoms with E-state index >= 15 is 0 Å². The van der Waals surface area contributed by atoms with Crippen molar-refractivity contribution in [3.63, 3.8) is 0 Å². The van der Waals surface area contributed by atoms with Crippen molar-refractivity contribution in [3.8, 4) is 5.69 Å². The molecule has 0 spiro atoms. The Morgan fingerprint density at radius 3 is 2.62 bits per heavy atom.